The van der Waals surface area contributed by atoms with Crippen molar-refractivity contribution in [2.45, 2.75) is 75.1 Å². The Morgan fingerprint density at radius 1 is 0.621 bits per heavy atom. The molecule has 0 saturated heterocycles. The van der Waals surface area contributed by atoms with Gasteiger partial charge in [0.05, 0.1) is 0 Å². The van der Waals surface area contributed by atoms with Crippen LogP contribution in [0.3, 0.4) is 0 Å². The molecule has 2 aromatic rings. The Kier molecular flexibility index (Phi) is 8.24. The Morgan fingerprint density at radius 2 is 1.14 bits per heavy atom. The first kappa shape index (κ1) is 22.4. The summed E-state index contributed by atoms with van der Waals surface area (Å²) in [7, 11) is 0. The molecule has 0 nitrogen and oxygen atoms in total. The number of rotatable bonds is 10. The summed E-state index contributed by atoms with van der Waals surface area (Å²) in [6.45, 7) is 4.63. The Balaban J connectivity index is 2.17. The molecule has 1 heterocycles. The minimum absolute atomic E-state index is 1.24. The Morgan fingerprint density at radius 3 is 1.69 bits per heavy atom. The van der Waals surface area contributed by atoms with Crippen molar-refractivity contribution in [1.82, 2.24) is 0 Å². The van der Waals surface area contributed by atoms with Crippen LogP contribution in [0.4, 0.5) is 0 Å². The molecule has 1 aliphatic heterocycles. The second-order valence-electron chi connectivity index (χ2n) is 8.98. The van der Waals surface area contributed by atoms with Gasteiger partial charge in [-0.2, -0.15) is 0 Å². The molecule has 0 spiro atoms. The van der Waals surface area contributed by atoms with Crippen LogP contribution < -0.4 is 0 Å². The van der Waals surface area contributed by atoms with Crippen LogP contribution in [0.2, 0.25) is 9.88 Å². The topological polar surface area (TPSA) is 0 Å². The first-order valence-corrected chi connectivity index (χ1v) is 20.3. The average Bonchev–Trinajstić information content (AvgIpc) is 2.96. The second-order valence-corrected chi connectivity index (χ2v) is 21.4. The molecular formula is C28H38Sn. The summed E-state index contributed by atoms with van der Waals surface area (Å²) in [6.07, 6.45) is 10.4. The van der Waals surface area contributed by atoms with Crippen molar-refractivity contribution in [2.75, 3.05) is 0 Å². The van der Waals surface area contributed by atoms with Crippen LogP contribution >= 0.6 is 0 Å². The first-order valence-electron chi connectivity index (χ1n) is 11.7. The molecule has 1 heteroatoms. The standard InChI is InChI=1S/C26H32.2CH3.Sn/c1-3-5-7-15-21-26(24-18-13-9-14-19-24)25(20-10-6-4-2)22-23-16-11-8-12-17-23;;;/h8-9,11-14,16-19H,3-7,10,15,20H2,1-2H3;2*1H3;. The quantitative estimate of drug-likeness (QED) is 0.229. The molecular weight excluding hydrogens is 455 g/mol. The number of benzene rings is 2. The fourth-order valence-electron chi connectivity index (χ4n) is 5.03. The SMILES string of the molecule is CCCCCC1=[C](c2ccccc2)[Sn]([CH3])([CH3])[C](CCCCC)=C1c1ccccc1. The van der Waals surface area contributed by atoms with Crippen LogP contribution in [-0.4, -0.2) is 18.4 Å². The summed E-state index contributed by atoms with van der Waals surface area (Å²) in [6, 6.07) is 22.6. The van der Waals surface area contributed by atoms with Crippen molar-refractivity contribution >= 4 is 27.5 Å². The van der Waals surface area contributed by atoms with Crippen LogP contribution in [0.25, 0.3) is 9.16 Å². The van der Waals surface area contributed by atoms with Gasteiger partial charge in [0.15, 0.2) is 0 Å². The van der Waals surface area contributed by atoms with Crippen molar-refractivity contribution in [2.24, 2.45) is 0 Å². The summed E-state index contributed by atoms with van der Waals surface area (Å²) in [5, 5.41) is 0. The van der Waals surface area contributed by atoms with E-state index >= 15 is 0 Å². The fraction of sp³-hybridized carbons (Fsp3) is 0.429. The third-order valence-electron chi connectivity index (χ3n) is 6.47. The molecule has 2 aromatic carbocycles. The van der Waals surface area contributed by atoms with Crippen LogP contribution in [0, 0.1) is 0 Å². The van der Waals surface area contributed by atoms with Crippen LogP contribution in [0.15, 0.2) is 69.8 Å². The molecule has 0 bridgehead atoms. The van der Waals surface area contributed by atoms with E-state index in [4.69, 9.17) is 0 Å². The summed E-state index contributed by atoms with van der Waals surface area (Å²) in [4.78, 5) is 5.35. The molecule has 0 aliphatic carbocycles. The van der Waals surface area contributed by atoms with E-state index in [-0.39, 0.29) is 0 Å². The van der Waals surface area contributed by atoms with Gasteiger partial charge < -0.3 is 0 Å². The molecule has 0 N–H and O–H groups in total. The van der Waals surface area contributed by atoms with E-state index in [2.05, 4.69) is 84.4 Å². The molecule has 0 fully saturated rings. The van der Waals surface area contributed by atoms with Crippen molar-refractivity contribution in [3.05, 3.63) is 81.0 Å². The summed E-state index contributed by atoms with van der Waals surface area (Å²) < 4.78 is 3.64. The average molecular weight is 493 g/mol. The van der Waals surface area contributed by atoms with Gasteiger partial charge in [0, 0.05) is 0 Å². The Bertz CT molecular complexity index is 840. The van der Waals surface area contributed by atoms with E-state index in [1.165, 1.54) is 62.5 Å². The van der Waals surface area contributed by atoms with Crippen molar-refractivity contribution < 1.29 is 0 Å². The van der Waals surface area contributed by atoms with E-state index in [0.717, 1.165) is 0 Å². The van der Waals surface area contributed by atoms with E-state index in [1.54, 1.807) is 14.7 Å². The van der Waals surface area contributed by atoms with Gasteiger partial charge in [0.1, 0.15) is 0 Å². The first-order chi connectivity index (χ1) is 14.1. The monoisotopic (exact) mass is 494 g/mol. The number of hydrogen-bond donors (Lipinski definition) is 0. The molecule has 3 rings (SSSR count). The van der Waals surface area contributed by atoms with Crippen molar-refractivity contribution in [3.8, 4) is 0 Å². The number of allylic oxidation sites excluding steroid dienone is 3. The van der Waals surface area contributed by atoms with Crippen LogP contribution in [-0.2, 0) is 0 Å². The minimum atomic E-state index is -2.61. The summed E-state index contributed by atoms with van der Waals surface area (Å²) >= 11 is -2.61. The maximum atomic E-state index is 2.67. The Labute approximate surface area is 183 Å². The van der Waals surface area contributed by atoms with E-state index in [9.17, 15) is 0 Å². The zero-order valence-electron chi connectivity index (χ0n) is 18.9. The van der Waals surface area contributed by atoms with E-state index in [0.29, 0.717) is 0 Å². The van der Waals surface area contributed by atoms with Gasteiger partial charge in [-0.3, -0.25) is 0 Å². The summed E-state index contributed by atoms with van der Waals surface area (Å²) in [5.74, 6) is 0. The van der Waals surface area contributed by atoms with Gasteiger partial charge in [-0.1, -0.05) is 0 Å². The van der Waals surface area contributed by atoms with Crippen molar-refractivity contribution in [3.63, 3.8) is 0 Å². The van der Waals surface area contributed by atoms with Crippen molar-refractivity contribution in [1.29, 1.82) is 0 Å². The maximum absolute atomic E-state index is 2.67. The van der Waals surface area contributed by atoms with Gasteiger partial charge in [0.2, 0.25) is 0 Å². The van der Waals surface area contributed by atoms with Gasteiger partial charge in [-0.05, 0) is 0 Å². The van der Waals surface area contributed by atoms with Crippen LogP contribution in [0.1, 0.15) is 76.3 Å². The zero-order valence-corrected chi connectivity index (χ0v) is 21.8. The normalized spacial score (nSPS) is 16.0. The fourth-order valence-corrected chi connectivity index (χ4v) is 16.2. The zero-order chi connectivity index (χ0) is 20.7. The molecule has 0 amide bonds. The van der Waals surface area contributed by atoms with Gasteiger partial charge in [-0.25, -0.2) is 0 Å². The molecule has 0 aromatic heterocycles. The van der Waals surface area contributed by atoms with Gasteiger partial charge in [0.25, 0.3) is 0 Å². The molecule has 1 aliphatic rings. The van der Waals surface area contributed by atoms with Crippen LogP contribution in [0.5, 0.6) is 0 Å². The molecule has 154 valence electrons. The second kappa shape index (κ2) is 10.7. The van der Waals surface area contributed by atoms with Gasteiger partial charge in [-0.15, -0.1) is 0 Å². The van der Waals surface area contributed by atoms with E-state index in [1.807, 2.05) is 3.59 Å². The van der Waals surface area contributed by atoms with E-state index < -0.39 is 18.4 Å². The number of unbranched alkanes of at least 4 members (excludes halogenated alkanes) is 4. The molecule has 0 saturated carbocycles. The summed E-state index contributed by atoms with van der Waals surface area (Å²) in [5.41, 5.74) is 6.31. The van der Waals surface area contributed by atoms with Gasteiger partial charge >= 0.3 is 184 Å². The predicted molar refractivity (Wildman–Crippen MR) is 132 cm³/mol. The third kappa shape index (κ3) is 5.07. The predicted octanol–water partition coefficient (Wildman–Crippen LogP) is 8.86. The molecule has 0 radical (unpaired) electrons. The molecule has 0 unspecified atom stereocenters. The molecule has 29 heavy (non-hydrogen) atoms. The Hall–Kier alpha value is -1.28. The number of hydrogen-bond acceptors (Lipinski definition) is 0. The molecule has 0 atom stereocenters. The third-order valence-corrected chi connectivity index (χ3v) is 17.5.